The Morgan fingerprint density at radius 3 is 2.24 bits per heavy atom. The van der Waals surface area contributed by atoms with Crippen molar-refractivity contribution in [2.24, 2.45) is 5.41 Å². The number of hydrogen-bond donors (Lipinski definition) is 2. The van der Waals surface area contributed by atoms with Crippen molar-refractivity contribution in [3.05, 3.63) is 29.8 Å². The molecule has 1 aliphatic rings. The summed E-state index contributed by atoms with van der Waals surface area (Å²) in [7, 11) is -3.94. The van der Waals surface area contributed by atoms with Gasteiger partial charge < -0.3 is 10.0 Å². The molecule has 0 atom stereocenters. The van der Waals surface area contributed by atoms with Crippen LogP contribution in [-0.2, 0) is 14.8 Å². The third-order valence-electron chi connectivity index (χ3n) is 4.15. The first-order valence-corrected chi connectivity index (χ1v) is 9.65. The van der Waals surface area contributed by atoms with Gasteiger partial charge in [0.25, 0.3) is 0 Å². The molecule has 7 nitrogen and oxygen atoms in total. The monoisotopic (exact) mass is 368 g/mol. The van der Waals surface area contributed by atoms with Crippen molar-refractivity contribution in [3.8, 4) is 0 Å². The third-order valence-corrected chi connectivity index (χ3v) is 5.73. The van der Waals surface area contributed by atoms with Gasteiger partial charge in [-0.25, -0.2) is 17.9 Å². The van der Waals surface area contributed by atoms with Gasteiger partial charge in [-0.1, -0.05) is 32.9 Å². The fraction of sp³-hybridized carbons (Fsp3) is 0.529. The van der Waals surface area contributed by atoms with E-state index in [4.69, 9.17) is 0 Å². The van der Waals surface area contributed by atoms with E-state index in [1.165, 1.54) is 24.3 Å². The molecule has 138 valence electrons. The van der Waals surface area contributed by atoms with Crippen LogP contribution in [0.3, 0.4) is 0 Å². The van der Waals surface area contributed by atoms with E-state index in [0.29, 0.717) is 25.9 Å². The minimum Gasteiger partial charge on any atom is -0.478 e. The van der Waals surface area contributed by atoms with E-state index >= 15 is 0 Å². The number of hydrogen-bond acceptors (Lipinski definition) is 4. The Labute approximate surface area is 148 Å². The van der Waals surface area contributed by atoms with E-state index in [0.717, 1.165) is 0 Å². The van der Waals surface area contributed by atoms with Crippen LogP contribution >= 0.6 is 0 Å². The van der Waals surface area contributed by atoms with Crippen LogP contribution < -0.4 is 4.72 Å². The lowest BCUT2D eigenvalue weighted by Crippen LogP contribution is -2.49. The molecular formula is C17H24N2O5S. The number of amides is 1. The predicted molar refractivity (Wildman–Crippen MR) is 92.8 cm³/mol. The van der Waals surface area contributed by atoms with Gasteiger partial charge in [-0.05, 0) is 25.0 Å². The van der Waals surface area contributed by atoms with Crippen molar-refractivity contribution in [2.75, 3.05) is 13.1 Å². The van der Waals surface area contributed by atoms with Gasteiger partial charge in [0.15, 0.2) is 0 Å². The van der Waals surface area contributed by atoms with Gasteiger partial charge in [0, 0.05) is 24.5 Å². The summed E-state index contributed by atoms with van der Waals surface area (Å²) in [6.07, 6.45) is 0.993. The van der Waals surface area contributed by atoms with Crippen molar-refractivity contribution in [2.45, 2.75) is 44.6 Å². The van der Waals surface area contributed by atoms with Gasteiger partial charge in [-0.2, -0.15) is 0 Å². The number of piperidine rings is 1. The van der Waals surface area contributed by atoms with Crippen LogP contribution in [-0.4, -0.2) is 49.4 Å². The Hall–Kier alpha value is -1.93. The Morgan fingerprint density at radius 2 is 1.72 bits per heavy atom. The smallest absolute Gasteiger partial charge is 0.337 e. The normalized spacial score (nSPS) is 16.7. The quantitative estimate of drug-likeness (QED) is 0.842. The summed E-state index contributed by atoms with van der Waals surface area (Å²) in [6, 6.07) is 5.20. The molecule has 1 amide bonds. The highest BCUT2D eigenvalue weighted by Crippen LogP contribution is 2.22. The Bertz CT molecular complexity index is 759. The van der Waals surface area contributed by atoms with Crippen LogP contribution in [0.25, 0.3) is 0 Å². The molecule has 1 fully saturated rings. The van der Waals surface area contributed by atoms with Gasteiger partial charge >= 0.3 is 5.97 Å². The molecule has 0 spiro atoms. The zero-order valence-electron chi connectivity index (χ0n) is 14.7. The fourth-order valence-corrected chi connectivity index (χ4v) is 4.34. The molecule has 0 bridgehead atoms. The van der Waals surface area contributed by atoms with E-state index in [1.807, 2.05) is 20.8 Å². The molecule has 0 saturated carbocycles. The number of carbonyl (C=O) groups is 2. The highest BCUT2D eigenvalue weighted by molar-refractivity contribution is 7.89. The van der Waals surface area contributed by atoms with Crippen molar-refractivity contribution >= 4 is 21.9 Å². The number of rotatable bonds is 4. The number of sulfonamides is 1. The maximum atomic E-state index is 12.5. The van der Waals surface area contributed by atoms with E-state index in [1.54, 1.807) is 4.90 Å². The van der Waals surface area contributed by atoms with E-state index in [-0.39, 0.29) is 22.4 Å². The molecule has 2 N–H and O–H groups in total. The SMILES string of the molecule is CC(C)(C)C(=O)N1CCC(NS(=O)(=O)c2ccccc2C(=O)O)CC1. The molecule has 0 unspecified atom stereocenters. The summed E-state index contributed by atoms with van der Waals surface area (Å²) < 4.78 is 27.7. The standard InChI is InChI=1S/C17H24N2O5S/c1-17(2,3)16(22)19-10-8-12(9-11-19)18-25(23,24)14-7-5-4-6-13(14)15(20)21/h4-7,12,18H,8-11H2,1-3H3,(H,20,21). The molecule has 1 aromatic rings. The number of carboxylic acids is 1. The lowest BCUT2D eigenvalue weighted by atomic mass is 9.93. The second-order valence-corrected chi connectivity index (χ2v) is 8.92. The van der Waals surface area contributed by atoms with Crippen LogP contribution in [0.1, 0.15) is 44.0 Å². The number of carboxylic acid groups (broad SMARTS) is 1. The Kier molecular flexibility index (Phi) is 5.53. The number of nitrogens with one attached hydrogen (secondary N) is 1. The zero-order valence-corrected chi connectivity index (χ0v) is 15.5. The van der Waals surface area contributed by atoms with Gasteiger partial charge in [0.05, 0.1) is 10.5 Å². The highest BCUT2D eigenvalue weighted by atomic mass is 32.2. The average Bonchev–Trinajstić information content (AvgIpc) is 2.53. The minimum absolute atomic E-state index is 0.0463. The van der Waals surface area contributed by atoms with Crippen LogP contribution in [0.4, 0.5) is 0 Å². The van der Waals surface area contributed by atoms with Gasteiger partial charge in [0.1, 0.15) is 0 Å². The topological polar surface area (TPSA) is 104 Å². The number of carbonyl (C=O) groups excluding carboxylic acids is 1. The molecule has 1 aromatic carbocycles. The van der Waals surface area contributed by atoms with Crippen LogP contribution in [0.5, 0.6) is 0 Å². The molecule has 0 radical (unpaired) electrons. The van der Waals surface area contributed by atoms with Crippen molar-refractivity contribution < 1.29 is 23.1 Å². The minimum atomic E-state index is -3.94. The first kappa shape index (κ1) is 19.4. The first-order chi connectivity index (χ1) is 11.5. The number of benzene rings is 1. The third kappa shape index (κ3) is 4.58. The molecular weight excluding hydrogens is 344 g/mol. The summed E-state index contributed by atoms with van der Waals surface area (Å²) in [5.74, 6) is -1.24. The van der Waals surface area contributed by atoms with Crippen LogP contribution in [0.2, 0.25) is 0 Å². The first-order valence-electron chi connectivity index (χ1n) is 8.16. The van der Waals surface area contributed by atoms with Crippen molar-refractivity contribution in [1.29, 1.82) is 0 Å². The summed E-state index contributed by atoms with van der Waals surface area (Å²) in [5.41, 5.74) is -0.720. The zero-order chi connectivity index (χ0) is 18.8. The lowest BCUT2D eigenvalue weighted by Gasteiger charge is -2.35. The second kappa shape index (κ2) is 7.13. The highest BCUT2D eigenvalue weighted by Gasteiger charge is 2.32. The second-order valence-electron chi connectivity index (χ2n) is 7.24. The van der Waals surface area contributed by atoms with Gasteiger partial charge in [-0.3, -0.25) is 4.79 Å². The number of nitrogens with zero attached hydrogens (tertiary/aromatic N) is 1. The van der Waals surface area contributed by atoms with Crippen molar-refractivity contribution in [3.63, 3.8) is 0 Å². The summed E-state index contributed by atoms with van der Waals surface area (Å²) in [5, 5.41) is 9.17. The molecule has 2 rings (SSSR count). The summed E-state index contributed by atoms with van der Waals surface area (Å²) >= 11 is 0. The molecule has 1 heterocycles. The molecule has 25 heavy (non-hydrogen) atoms. The van der Waals surface area contributed by atoms with Gasteiger partial charge in [-0.15, -0.1) is 0 Å². The largest absolute Gasteiger partial charge is 0.478 e. The predicted octanol–water partition coefficient (Wildman–Crippen LogP) is 1.70. The molecule has 1 aliphatic heterocycles. The van der Waals surface area contributed by atoms with E-state index in [2.05, 4.69) is 4.72 Å². The molecule has 1 saturated heterocycles. The lowest BCUT2D eigenvalue weighted by molar-refractivity contribution is -0.140. The van der Waals surface area contributed by atoms with Crippen LogP contribution in [0, 0.1) is 5.41 Å². The van der Waals surface area contributed by atoms with Crippen LogP contribution in [0.15, 0.2) is 29.2 Å². The molecule has 0 aliphatic carbocycles. The Morgan fingerprint density at radius 1 is 1.16 bits per heavy atom. The maximum Gasteiger partial charge on any atom is 0.337 e. The Balaban J connectivity index is 2.07. The van der Waals surface area contributed by atoms with Crippen molar-refractivity contribution in [1.82, 2.24) is 9.62 Å². The molecule has 0 aromatic heterocycles. The average molecular weight is 368 g/mol. The van der Waals surface area contributed by atoms with E-state index < -0.39 is 21.4 Å². The van der Waals surface area contributed by atoms with E-state index in [9.17, 15) is 23.1 Å². The van der Waals surface area contributed by atoms with Gasteiger partial charge in [0.2, 0.25) is 15.9 Å². The maximum absolute atomic E-state index is 12.5. The number of likely N-dealkylation sites (tertiary alicyclic amines) is 1. The summed E-state index contributed by atoms with van der Waals surface area (Å²) in [4.78, 5) is 25.0. The summed E-state index contributed by atoms with van der Waals surface area (Å²) in [6.45, 7) is 6.51. The fourth-order valence-electron chi connectivity index (χ4n) is 2.84. The molecule has 8 heteroatoms. The number of aromatic carboxylic acids is 1.